The van der Waals surface area contributed by atoms with Crippen LogP contribution in [0.15, 0.2) is 17.5 Å². The van der Waals surface area contributed by atoms with Gasteiger partial charge in [0.25, 0.3) is 5.82 Å². The molecule has 3 aromatic heterocycles. The summed E-state index contributed by atoms with van der Waals surface area (Å²) in [6.45, 7) is 1.90. The lowest BCUT2D eigenvalue weighted by Crippen LogP contribution is -2.23. The standard InChI is InChI=1S/C16H12N4OS2/c1-7-9(6-17)15(18)20-13-12-8(10-3-2-4-22-10)5-11(21)19-16(12)23-14(7)13/h2-4,8H,5H2,1H3,(H2,18,20)(H,19,21)/p+1/t8-/m0/s1. The number of aromatic amines is 1. The number of thiophene rings is 2. The van der Waals surface area contributed by atoms with Crippen LogP contribution in [0.1, 0.15) is 33.9 Å². The molecule has 4 N–H and O–H groups in total. The van der Waals surface area contributed by atoms with E-state index in [1.54, 1.807) is 11.3 Å². The highest BCUT2D eigenvalue weighted by Crippen LogP contribution is 2.47. The monoisotopic (exact) mass is 341 g/mol. The first-order valence-corrected chi connectivity index (χ1v) is 8.81. The van der Waals surface area contributed by atoms with Gasteiger partial charge >= 0.3 is 0 Å². The maximum absolute atomic E-state index is 12.1. The number of nitrogens with two attached hydrogens (primary N) is 1. The minimum atomic E-state index is 0.0218. The van der Waals surface area contributed by atoms with E-state index in [4.69, 9.17) is 5.73 Å². The Bertz CT molecular complexity index is 982. The predicted octanol–water partition coefficient (Wildman–Crippen LogP) is 3.01. The molecule has 5 nitrogen and oxygen atoms in total. The number of pyridine rings is 1. The van der Waals surface area contributed by atoms with Gasteiger partial charge in [0, 0.05) is 22.8 Å². The van der Waals surface area contributed by atoms with Gasteiger partial charge in [0.2, 0.25) is 5.91 Å². The summed E-state index contributed by atoms with van der Waals surface area (Å²) in [6.07, 6.45) is 0.423. The number of hydrogen-bond acceptors (Lipinski definition) is 5. The van der Waals surface area contributed by atoms with Gasteiger partial charge in [0.1, 0.15) is 22.2 Å². The molecule has 4 heterocycles. The van der Waals surface area contributed by atoms with Gasteiger partial charge in [-0.25, -0.2) is 4.98 Å². The summed E-state index contributed by atoms with van der Waals surface area (Å²) in [6, 6.07) is 6.20. The van der Waals surface area contributed by atoms with Gasteiger partial charge in [-0.05, 0) is 23.9 Å². The SMILES string of the molecule is Cc1c(C#N)c(N)[nH+]c2c3c(sc12)NC(=O)C[C@H]3c1cccs1. The second-order valence-electron chi connectivity index (χ2n) is 5.52. The third-order valence-corrected chi connectivity index (χ3v) is 6.41. The number of aromatic nitrogens is 1. The van der Waals surface area contributed by atoms with Crippen molar-refractivity contribution >= 4 is 49.6 Å². The van der Waals surface area contributed by atoms with E-state index in [2.05, 4.69) is 22.4 Å². The lowest BCUT2D eigenvalue weighted by molar-refractivity contribution is -0.327. The van der Waals surface area contributed by atoms with E-state index in [0.29, 0.717) is 17.8 Å². The third-order valence-electron chi connectivity index (χ3n) is 4.18. The highest BCUT2D eigenvalue weighted by atomic mass is 32.1. The molecule has 1 aliphatic rings. The van der Waals surface area contributed by atoms with E-state index in [1.165, 1.54) is 11.3 Å². The van der Waals surface area contributed by atoms with Crippen molar-refractivity contribution in [3.63, 3.8) is 0 Å². The Balaban J connectivity index is 2.05. The van der Waals surface area contributed by atoms with Crippen molar-refractivity contribution in [3.05, 3.63) is 39.1 Å². The van der Waals surface area contributed by atoms with Crippen LogP contribution < -0.4 is 16.0 Å². The first kappa shape index (κ1) is 14.2. The molecule has 0 aromatic carbocycles. The Morgan fingerprint density at radius 2 is 2.35 bits per heavy atom. The van der Waals surface area contributed by atoms with Gasteiger partial charge in [-0.2, -0.15) is 5.26 Å². The van der Waals surface area contributed by atoms with E-state index in [1.807, 2.05) is 18.4 Å². The molecule has 0 aliphatic carbocycles. The van der Waals surface area contributed by atoms with Crippen molar-refractivity contribution in [1.29, 1.82) is 5.26 Å². The summed E-state index contributed by atoms with van der Waals surface area (Å²) in [5, 5.41) is 15.1. The van der Waals surface area contributed by atoms with Crippen molar-refractivity contribution in [2.75, 3.05) is 11.1 Å². The van der Waals surface area contributed by atoms with Crippen molar-refractivity contribution in [3.8, 4) is 6.07 Å². The maximum atomic E-state index is 12.1. The highest BCUT2D eigenvalue weighted by Gasteiger charge is 2.34. The fourth-order valence-corrected chi connectivity index (χ4v) is 5.19. The van der Waals surface area contributed by atoms with Crippen LogP contribution in [-0.4, -0.2) is 5.91 Å². The van der Waals surface area contributed by atoms with E-state index in [9.17, 15) is 10.1 Å². The second-order valence-corrected chi connectivity index (χ2v) is 7.52. The summed E-state index contributed by atoms with van der Waals surface area (Å²) in [4.78, 5) is 16.4. The van der Waals surface area contributed by atoms with Gasteiger partial charge in [-0.3, -0.25) is 10.5 Å². The second kappa shape index (κ2) is 5.05. The van der Waals surface area contributed by atoms with Crippen LogP contribution in [0.2, 0.25) is 0 Å². The largest absolute Gasteiger partial charge is 0.317 e. The molecular weight excluding hydrogens is 328 g/mol. The molecule has 114 valence electrons. The van der Waals surface area contributed by atoms with E-state index in [-0.39, 0.29) is 11.8 Å². The number of H-pyrrole nitrogens is 1. The third kappa shape index (κ3) is 2.03. The molecule has 0 bridgehead atoms. The first-order valence-electron chi connectivity index (χ1n) is 7.11. The van der Waals surface area contributed by atoms with E-state index >= 15 is 0 Å². The zero-order valence-electron chi connectivity index (χ0n) is 12.3. The first-order chi connectivity index (χ1) is 11.1. The van der Waals surface area contributed by atoms with Crippen LogP contribution >= 0.6 is 22.7 Å². The minimum absolute atomic E-state index is 0.0218. The van der Waals surface area contributed by atoms with Crippen LogP contribution in [0.4, 0.5) is 10.8 Å². The molecule has 0 radical (unpaired) electrons. The number of nitriles is 1. The summed E-state index contributed by atoms with van der Waals surface area (Å²) in [5.74, 6) is 0.420. The molecule has 0 fully saturated rings. The van der Waals surface area contributed by atoms with Crippen molar-refractivity contribution in [2.24, 2.45) is 0 Å². The van der Waals surface area contributed by atoms with E-state index in [0.717, 1.165) is 31.2 Å². The predicted molar refractivity (Wildman–Crippen MR) is 91.7 cm³/mol. The topological polar surface area (TPSA) is 93.1 Å². The van der Waals surface area contributed by atoms with E-state index < -0.39 is 0 Å². The van der Waals surface area contributed by atoms with Crippen molar-refractivity contribution < 1.29 is 9.78 Å². The normalized spacial score (nSPS) is 16.9. The van der Waals surface area contributed by atoms with Gasteiger partial charge in [0.05, 0.1) is 4.70 Å². The van der Waals surface area contributed by atoms with Crippen molar-refractivity contribution in [2.45, 2.75) is 19.3 Å². The molecule has 23 heavy (non-hydrogen) atoms. The average molecular weight is 341 g/mol. The number of rotatable bonds is 1. The number of nitrogens with zero attached hydrogens (tertiary/aromatic N) is 1. The van der Waals surface area contributed by atoms with Crippen LogP contribution in [0.3, 0.4) is 0 Å². The molecule has 1 atom stereocenters. The number of carbonyl (C=O) groups is 1. The van der Waals surface area contributed by atoms with Gasteiger partial charge in [-0.15, -0.1) is 22.7 Å². The number of nitrogens with one attached hydrogen (secondary N) is 2. The number of anilines is 2. The van der Waals surface area contributed by atoms with Gasteiger partial charge in [-0.1, -0.05) is 6.07 Å². The zero-order chi connectivity index (χ0) is 16.1. The number of nitrogen functional groups attached to an aromatic ring is 1. The molecule has 4 rings (SSSR count). The molecular formula is C16H13N4OS2+. The van der Waals surface area contributed by atoms with Crippen LogP contribution in [0, 0.1) is 18.3 Å². The molecule has 0 spiro atoms. The summed E-state index contributed by atoms with van der Waals surface area (Å²) in [7, 11) is 0. The fraction of sp³-hybridized carbons (Fsp3) is 0.188. The Kier molecular flexibility index (Phi) is 3.11. The Hall–Kier alpha value is -2.43. The maximum Gasteiger partial charge on any atom is 0.289 e. The average Bonchev–Trinajstić information content (AvgIpc) is 3.14. The molecule has 0 saturated carbocycles. The summed E-state index contributed by atoms with van der Waals surface area (Å²) >= 11 is 3.15. The Labute approximate surface area is 140 Å². The number of aryl methyl sites for hydroxylation is 1. The fourth-order valence-electron chi connectivity index (χ4n) is 3.11. The lowest BCUT2D eigenvalue weighted by atomic mass is 9.91. The summed E-state index contributed by atoms with van der Waals surface area (Å²) < 4.78 is 0.976. The quantitative estimate of drug-likeness (QED) is 0.712. The molecule has 0 unspecified atom stereocenters. The smallest absolute Gasteiger partial charge is 0.289 e. The van der Waals surface area contributed by atoms with Crippen LogP contribution in [0.25, 0.3) is 10.2 Å². The number of amides is 1. The Morgan fingerprint density at radius 3 is 3.04 bits per heavy atom. The Morgan fingerprint density at radius 1 is 1.52 bits per heavy atom. The number of hydrogen-bond donors (Lipinski definition) is 2. The minimum Gasteiger partial charge on any atom is -0.317 e. The number of fused-ring (bicyclic) bond motifs is 3. The highest BCUT2D eigenvalue weighted by molar-refractivity contribution is 7.23. The molecule has 1 amide bonds. The van der Waals surface area contributed by atoms with Crippen LogP contribution in [-0.2, 0) is 4.79 Å². The molecule has 0 saturated heterocycles. The van der Waals surface area contributed by atoms with Crippen molar-refractivity contribution in [1.82, 2.24) is 0 Å². The zero-order valence-corrected chi connectivity index (χ0v) is 13.9. The molecule has 7 heteroatoms. The van der Waals surface area contributed by atoms with Crippen LogP contribution in [0.5, 0.6) is 0 Å². The van der Waals surface area contributed by atoms with Gasteiger partial charge in [0.15, 0.2) is 0 Å². The summed E-state index contributed by atoms with van der Waals surface area (Å²) in [5.41, 5.74) is 9.35. The van der Waals surface area contributed by atoms with Gasteiger partial charge < -0.3 is 5.32 Å². The lowest BCUT2D eigenvalue weighted by Gasteiger charge is -2.21. The number of carbonyl (C=O) groups excluding carboxylic acids is 1. The molecule has 1 aliphatic heterocycles. The molecule has 3 aromatic rings.